The molecular weight excluding hydrogens is 554 g/mol. The first-order chi connectivity index (χ1) is 20.3. The van der Waals surface area contributed by atoms with E-state index in [4.69, 9.17) is 4.74 Å². The highest BCUT2D eigenvalue weighted by atomic mass is 32.2. The Hall–Kier alpha value is -4.19. The highest BCUT2D eigenvalue weighted by Gasteiger charge is 2.31. The van der Waals surface area contributed by atoms with E-state index < -0.39 is 10.0 Å². The summed E-state index contributed by atoms with van der Waals surface area (Å²) in [5.74, 6) is 0.334. The fourth-order valence-corrected chi connectivity index (χ4v) is 6.24. The molecule has 220 valence electrons. The maximum atomic E-state index is 14.2. The molecule has 2 heterocycles. The first kappa shape index (κ1) is 29.3. The van der Waals surface area contributed by atoms with Crippen LogP contribution in [0.2, 0.25) is 0 Å². The number of hydrogen-bond donors (Lipinski definition) is 2. The lowest BCUT2D eigenvalue weighted by molar-refractivity contribution is 0.0725. The van der Waals surface area contributed by atoms with E-state index in [2.05, 4.69) is 10.0 Å². The van der Waals surface area contributed by atoms with Crippen LogP contribution in [0.3, 0.4) is 0 Å². The Kier molecular flexibility index (Phi) is 8.91. The van der Waals surface area contributed by atoms with Crippen molar-refractivity contribution < 1.29 is 17.9 Å². The van der Waals surface area contributed by atoms with Gasteiger partial charge in [0.05, 0.1) is 23.4 Å². The third-order valence-electron chi connectivity index (χ3n) is 7.37. The maximum absolute atomic E-state index is 14.2. The summed E-state index contributed by atoms with van der Waals surface area (Å²) in [5.41, 5.74) is 2.80. The molecule has 11 heteroatoms. The second kappa shape index (κ2) is 12.8. The Morgan fingerprint density at radius 1 is 0.952 bits per heavy atom. The molecule has 0 saturated carbocycles. The van der Waals surface area contributed by atoms with Gasteiger partial charge < -0.3 is 15.0 Å². The Morgan fingerprint density at radius 2 is 1.62 bits per heavy atom. The minimum Gasteiger partial charge on any atom is -0.497 e. The third kappa shape index (κ3) is 6.03. The fraction of sp³-hybridized carbons (Fsp3) is 0.290. The number of aromatic nitrogens is 2. The lowest BCUT2D eigenvalue weighted by atomic mass is 10.1. The average molecular weight is 590 g/mol. The largest absolute Gasteiger partial charge is 0.497 e. The number of para-hydroxylation sites is 1. The molecule has 2 N–H and O–H groups in total. The number of piperazine rings is 1. The molecule has 3 aromatic carbocycles. The molecule has 0 aliphatic carbocycles. The van der Waals surface area contributed by atoms with Crippen molar-refractivity contribution in [3.8, 4) is 22.7 Å². The van der Waals surface area contributed by atoms with Crippen LogP contribution in [0, 0.1) is 6.92 Å². The highest BCUT2D eigenvalue weighted by Crippen LogP contribution is 2.29. The standard InChI is InChI=1S/C31H35N5O5S/c1-23-9-6-7-12-27(23)36-28(24-10-4-3-5-11-24)29(30(37)34-21-18-32-19-22-34)35(31(36)38)20-8-17-33-42(39,40)26-15-13-25(41-2)14-16-26/h3-7,9-16,32-33H,8,17-22H2,1-2H3. The summed E-state index contributed by atoms with van der Waals surface area (Å²) in [5, 5.41) is 3.27. The molecular formula is C31H35N5O5S. The lowest BCUT2D eigenvalue weighted by Gasteiger charge is -2.28. The number of hydrogen-bond acceptors (Lipinski definition) is 6. The number of sulfonamides is 1. The first-order valence-corrected chi connectivity index (χ1v) is 15.4. The summed E-state index contributed by atoms with van der Waals surface area (Å²) in [4.78, 5) is 30.2. The van der Waals surface area contributed by atoms with Gasteiger partial charge in [-0.15, -0.1) is 0 Å². The van der Waals surface area contributed by atoms with Crippen molar-refractivity contribution in [1.29, 1.82) is 0 Å². The van der Waals surface area contributed by atoms with E-state index in [1.165, 1.54) is 23.8 Å². The van der Waals surface area contributed by atoms with Crippen LogP contribution in [0.1, 0.15) is 22.5 Å². The topological polar surface area (TPSA) is 115 Å². The van der Waals surface area contributed by atoms with E-state index in [9.17, 15) is 18.0 Å². The molecule has 0 unspecified atom stereocenters. The van der Waals surface area contributed by atoms with Crippen molar-refractivity contribution >= 4 is 15.9 Å². The van der Waals surface area contributed by atoms with Gasteiger partial charge in [-0.1, -0.05) is 48.5 Å². The molecule has 0 spiro atoms. The predicted molar refractivity (Wildman–Crippen MR) is 162 cm³/mol. The van der Waals surface area contributed by atoms with Crippen molar-refractivity contribution in [3.63, 3.8) is 0 Å². The van der Waals surface area contributed by atoms with E-state index in [1.54, 1.807) is 21.6 Å². The summed E-state index contributed by atoms with van der Waals surface area (Å²) in [6.45, 7) is 4.55. The normalized spacial score (nSPS) is 13.7. The van der Waals surface area contributed by atoms with E-state index in [0.717, 1.165) is 11.1 Å². The summed E-state index contributed by atoms with van der Waals surface area (Å²) in [6.07, 6.45) is 0.295. The molecule has 0 atom stereocenters. The van der Waals surface area contributed by atoms with Crippen molar-refractivity contribution in [1.82, 2.24) is 24.1 Å². The molecule has 1 amide bonds. The monoisotopic (exact) mass is 589 g/mol. The van der Waals surface area contributed by atoms with Gasteiger partial charge in [0.15, 0.2) is 0 Å². The molecule has 0 bridgehead atoms. The van der Waals surface area contributed by atoms with Crippen molar-refractivity contribution in [3.05, 3.63) is 101 Å². The van der Waals surface area contributed by atoms with Crippen molar-refractivity contribution in [2.24, 2.45) is 0 Å². The Bertz CT molecular complexity index is 1710. The second-order valence-electron chi connectivity index (χ2n) is 10.1. The zero-order chi connectivity index (χ0) is 29.7. The molecule has 5 rings (SSSR count). The first-order valence-electron chi connectivity index (χ1n) is 13.9. The minimum absolute atomic E-state index is 0.0816. The van der Waals surface area contributed by atoms with Crippen LogP contribution in [-0.2, 0) is 16.6 Å². The second-order valence-corrected chi connectivity index (χ2v) is 11.9. The number of methoxy groups -OCH3 is 1. The number of imidazole rings is 1. The Balaban J connectivity index is 1.53. The predicted octanol–water partition coefficient (Wildman–Crippen LogP) is 3.04. The number of carbonyl (C=O) groups is 1. The molecule has 1 aliphatic heterocycles. The van der Waals surface area contributed by atoms with Gasteiger partial charge in [0, 0.05) is 44.8 Å². The van der Waals surface area contributed by atoms with Crippen LogP contribution in [0.25, 0.3) is 16.9 Å². The van der Waals surface area contributed by atoms with Gasteiger partial charge in [-0.25, -0.2) is 17.9 Å². The molecule has 1 saturated heterocycles. The van der Waals surface area contributed by atoms with E-state index >= 15 is 0 Å². The van der Waals surface area contributed by atoms with Gasteiger partial charge in [0.25, 0.3) is 5.91 Å². The number of amides is 1. The van der Waals surface area contributed by atoms with Gasteiger partial charge in [-0.2, -0.15) is 0 Å². The molecule has 1 aliphatic rings. The molecule has 10 nitrogen and oxygen atoms in total. The van der Waals surface area contributed by atoms with Crippen LogP contribution in [0.4, 0.5) is 0 Å². The fourth-order valence-electron chi connectivity index (χ4n) is 5.17. The van der Waals surface area contributed by atoms with E-state index in [0.29, 0.717) is 55.4 Å². The zero-order valence-corrected chi connectivity index (χ0v) is 24.6. The van der Waals surface area contributed by atoms with Crippen LogP contribution >= 0.6 is 0 Å². The van der Waals surface area contributed by atoms with Gasteiger partial charge in [0.2, 0.25) is 10.0 Å². The third-order valence-corrected chi connectivity index (χ3v) is 8.85. The quantitative estimate of drug-likeness (QED) is 0.275. The van der Waals surface area contributed by atoms with Crippen molar-refractivity contribution in [2.45, 2.75) is 24.8 Å². The average Bonchev–Trinajstić information content (AvgIpc) is 3.31. The number of benzene rings is 3. The number of nitrogens with one attached hydrogen (secondary N) is 2. The van der Waals surface area contributed by atoms with Gasteiger partial charge in [-0.3, -0.25) is 13.9 Å². The van der Waals surface area contributed by atoms with Gasteiger partial charge in [0.1, 0.15) is 11.4 Å². The SMILES string of the molecule is COc1ccc(S(=O)(=O)NCCCn2c(C(=O)N3CCNCC3)c(-c3ccccc3)n(-c3ccccc3C)c2=O)cc1. The summed E-state index contributed by atoms with van der Waals surface area (Å²) < 4.78 is 36.6. The molecule has 1 aromatic heterocycles. The maximum Gasteiger partial charge on any atom is 0.333 e. The van der Waals surface area contributed by atoms with Crippen molar-refractivity contribution in [2.75, 3.05) is 39.8 Å². The summed E-state index contributed by atoms with van der Waals surface area (Å²) in [7, 11) is -2.25. The lowest BCUT2D eigenvalue weighted by Crippen LogP contribution is -2.47. The van der Waals surface area contributed by atoms with Gasteiger partial charge >= 0.3 is 5.69 Å². The minimum atomic E-state index is -3.77. The van der Waals surface area contributed by atoms with Crippen LogP contribution < -0.4 is 20.5 Å². The highest BCUT2D eigenvalue weighted by molar-refractivity contribution is 7.89. The molecule has 1 fully saturated rings. The summed E-state index contributed by atoms with van der Waals surface area (Å²) in [6, 6.07) is 23.1. The summed E-state index contributed by atoms with van der Waals surface area (Å²) >= 11 is 0. The molecule has 4 aromatic rings. The Morgan fingerprint density at radius 3 is 2.29 bits per heavy atom. The van der Waals surface area contributed by atoms with Gasteiger partial charge in [-0.05, 0) is 49.2 Å². The van der Waals surface area contributed by atoms with E-state index in [-0.39, 0.29) is 29.6 Å². The molecule has 0 radical (unpaired) electrons. The number of nitrogens with zero attached hydrogens (tertiary/aromatic N) is 3. The van der Waals surface area contributed by atoms with Crippen LogP contribution in [0.15, 0.2) is 88.6 Å². The Labute approximate surface area is 245 Å². The number of ether oxygens (including phenoxy) is 1. The van der Waals surface area contributed by atoms with E-state index in [1.807, 2.05) is 61.5 Å². The zero-order valence-electron chi connectivity index (χ0n) is 23.7. The molecule has 42 heavy (non-hydrogen) atoms. The number of carbonyl (C=O) groups excluding carboxylic acids is 1. The van der Waals surface area contributed by atoms with Crippen LogP contribution in [-0.4, -0.2) is 68.2 Å². The van der Waals surface area contributed by atoms with Crippen LogP contribution in [0.5, 0.6) is 5.75 Å². The number of rotatable bonds is 10. The smallest absolute Gasteiger partial charge is 0.333 e. The number of aryl methyl sites for hydroxylation is 1.